The predicted octanol–water partition coefficient (Wildman–Crippen LogP) is 2.04. The average molecular weight is 424 g/mol. The van der Waals surface area contributed by atoms with Gasteiger partial charge in [-0.1, -0.05) is 30.3 Å². The largest absolute Gasteiger partial charge is 0.392 e. The van der Waals surface area contributed by atoms with Crippen LogP contribution in [-0.2, 0) is 4.79 Å². The first-order valence-corrected chi connectivity index (χ1v) is 11.2. The molecule has 8 nitrogen and oxygen atoms in total. The van der Waals surface area contributed by atoms with Gasteiger partial charge in [0.25, 0.3) is 0 Å². The summed E-state index contributed by atoms with van der Waals surface area (Å²) in [5.41, 5.74) is 1.67. The third-order valence-electron chi connectivity index (χ3n) is 6.74. The molecule has 1 heterocycles. The van der Waals surface area contributed by atoms with E-state index in [1.54, 1.807) is 6.20 Å². The fourth-order valence-electron chi connectivity index (χ4n) is 4.59. The smallest absolute Gasteiger partial charge is 0.315 e. The van der Waals surface area contributed by atoms with Gasteiger partial charge < -0.3 is 26.0 Å². The van der Waals surface area contributed by atoms with Crippen LogP contribution in [0.5, 0.6) is 0 Å². The molecule has 3 aliphatic rings. The molecule has 1 aromatic heterocycles. The van der Waals surface area contributed by atoms with Crippen LogP contribution in [0, 0.1) is 5.92 Å². The highest BCUT2D eigenvalue weighted by Gasteiger charge is 2.48. The number of aliphatic hydroxyl groups excluding tert-OH is 1. The summed E-state index contributed by atoms with van der Waals surface area (Å²) < 4.78 is 0. The van der Waals surface area contributed by atoms with E-state index in [4.69, 9.17) is 0 Å². The minimum atomic E-state index is -0.906. The van der Waals surface area contributed by atoms with E-state index in [1.165, 1.54) is 0 Å². The standard InChI is InChI=1S/C23H29N5O3/c29-20-16(22(30)25-15-9-10-15)11-17(28-23(31)26-14-7-4-8-14)19(20)18-12-24-21(27-18)13-5-2-1-3-6-13/h1-3,5-6,12,14-17,19-20,29H,4,7-11H2,(H,24,27)(H,25,30)(H2,26,28,31)/t16-,17+,19+,20+/m0/s1. The third kappa shape index (κ3) is 4.30. The van der Waals surface area contributed by atoms with Crippen molar-refractivity contribution in [1.29, 1.82) is 0 Å². The Morgan fingerprint density at radius 3 is 2.42 bits per heavy atom. The van der Waals surface area contributed by atoms with Gasteiger partial charge in [0, 0.05) is 41.5 Å². The zero-order valence-corrected chi connectivity index (χ0v) is 17.4. The normalized spacial score (nSPS) is 28.0. The Morgan fingerprint density at radius 2 is 1.74 bits per heavy atom. The second kappa shape index (κ2) is 8.34. The first-order valence-electron chi connectivity index (χ1n) is 11.2. The molecule has 5 rings (SSSR count). The molecule has 3 saturated carbocycles. The molecule has 4 atom stereocenters. The second-order valence-electron chi connectivity index (χ2n) is 9.05. The molecular formula is C23H29N5O3. The summed E-state index contributed by atoms with van der Waals surface area (Å²) in [6.45, 7) is 0. The zero-order valence-electron chi connectivity index (χ0n) is 17.4. The number of aromatic amines is 1. The van der Waals surface area contributed by atoms with Crippen LogP contribution in [0.2, 0.25) is 0 Å². The molecule has 2 aromatic rings. The topological polar surface area (TPSA) is 119 Å². The van der Waals surface area contributed by atoms with Crippen LogP contribution in [0.15, 0.2) is 36.5 Å². The first kappa shape index (κ1) is 20.1. The van der Waals surface area contributed by atoms with Crippen LogP contribution < -0.4 is 16.0 Å². The highest BCUT2D eigenvalue weighted by atomic mass is 16.3. The number of carbonyl (C=O) groups excluding carboxylic acids is 2. The van der Waals surface area contributed by atoms with E-state index in [0.29, 0.717) is 12.2 Å². The van der Waals surface area contributed by atoms with Crippen molar-refractivity contribution in [2.75, 3.05) is 0 Å². The maximum atomic E-state index is 12.7. The molecule has 8 heteroatoms. The number of hydrogen-bond donors (Lipinski definition) is 5. The van der Waals surface area contributed by atoms with Gasteiger partial charge in [-0.15, -0.1) is 0 Å². The zero-order chi connectivity index (χ0) is 21.4. The molecule has 0 spiro atoms. The van der Waals surface area contributed by atoms with Gasteiger partial charge in [-0.2, -0.15) is 0 Å². The van der Waals surface area contributed by atoms with Crippen LogP contribution >= 0.6 is 0 Å². The van der Waals surface area contributed by atoms with E-state index >= 15 is 0 Å². The summed E-state index contributed by atoms with van der Waals surface area (Å²) in [6, 6.07) is 9.58. The lowest BCUT2D eigenvalue weighted by Gasteiger charge is -2.28. The Labute approximate surface area is 181 Å². The molecule has 3 aliphatic carbocycles. The van der Waals surface area contributed by atoms with E-state index in [-0.39, 0.29) is 30.1 Å². The number of urea groups is 1. The lowest BCUT2D eigenvalue weighted by atomic mass is 9.93. The van der Waals surface area contributed by atoms with E-state index in [1.807, 2.05) is 30.3 Å². The number of nitrogens with one attached hydrogen (secondary N) is 4. The molecule has 5 N–H and O–H groups in total. The number of imidazole rings is 1. The second-order valence-corrected chi connectivity index (χ2v) is 9.05. The molecule has 0 saturated heterocycles. The van der Waals surface area contributed by atoms with Gasteiger partial charge in [0.05, 0.1) is 12.0 Å². The number of rotatable bonds is 6. The van der Waals surface area contributed by atoms with E-state index in [9.17, 15) is 14.7 Å². The summed E-state index contributed by atoms with van der Waals surface area (Å²) in [6.07, 6.45) is 6.30. The van der Waals surface area contributed by atoms with Gasteiger partial charge in [0.15, 0.2) is 0 Å². The van der Waals surface area contributed by atoms with Gasteiger partial charge in [-0.3, -0.25) is 4.79 Å². The maximum Gasteiger partial charge on any atom is 0.315 e. The fourth-order valence-corrected chi connectivity index (χ4v) is 4.59. The lowest BCUT2D eigenvalue weighted by Crippen LogP contribution is -2.49. The minimum Gasteiger partial charge on any atom is -0.392 e. The van der Waals surface area contributed by atoms with Crippen LogP contribution in [0.3, 0.4) is 0 Å². The lowest BCUT2D eigenvalue weighted by molar-refractivity contribution is -0.127. The Morgan fingerprint density at radius 1 is 1.00 bits per heavy atom. The third-order valence-corrected chi connectivity index (χ3v) is 6.74. The molecular weight excluding hydrogens is 394 g/mol. The minimum absolute atomic E-state index is 0.133. The van der Waals surface area contributed by atoms with Crippen molar-refractivity contribution in [3.63, 3.8) is 0 Å². The van der Waals surface area contributed by atoms with Gasteiger partial charge >= 0.3 is 6.03 Å². The number of aliphatic hydroxyl groups is 1. The number of carbonyl (C=O) groups is 2. The summed E-state index contributed by atoms with van der Waals surface area (Å²) in [7, 11) is 0. The monoisotopic (exact) mass is 423 g/mol. The van der Waals surface area contributed by atoms with Gasteiger partial charge in [0.2, 0.25) is 5.91 Å². The SMILES string of the molecule is O=C(NC1CCC1)N[C@@H]1C[C@H](C(=O)NC2CC2)[C@@H](O)[C@H]1c1cnc(-c2ccccc2)[nH]1. The molecule has 3 amide bonds. The quantitative estimate of drug-likeness (QED) is 0.488. The van der Waals surface area contributed by atoms with Gasteiger partial charge in [-0.05, 0) is 38.5 Å². The van der Waals surface area contributed by atoms with Crippen molar-refractivity contribution in [1.82, 2.24) is 25.9 Å². The Balaban J connectivity index is 1.36. The fraction of sp³-hybridized carbons (Fsp3) is 0.522. The van der Waals surface area contributed by atoms with Crippen molar-refractivity contribution >= 4 is 11.9 Å². The summed E-state index contributed by atoms with van der Waals surface area (Å²) >= 11 is 0. The van der Waals surface area contributed by atoms with Crippen LogP contribution in [0.25, 0.3) is 11.4 Å². The molecule has 0 radical (unpaired) electrons. The molecule has 164 valence electrons. The van der Waals surface area contributed by atoms with Crippen molar-refractivity contribution in [3.05, 3.63) is 42.2 Å². The Bertz CT molecular complexity index is 938. The van der Waals surface area contributed by atoms with Crippen LogP contribution in [0.4, 0.5) is 4.79 Å². The van der Waals surface area contributed by atoms with Crippen molar-refractivity contribution in [2.45, 2.75) is 68.7 Å². The number of aromatic nitrogens is 2. The molecule has 0 unspecified atom stereocenters. The molecule has 0 aliphatic heterocycles. The van der Waals surface area contributed by atoms with Crippen molar-refractivity contribution < 1.29 is 14.7 Å². The maximum absolute atomic E-state index is 12.7. The summed E-state index contributed by atoms with van der Waals surface area (Å²) in [4.78, 5) is 33.1. The number of hydrogen-bond acceptors (Lipinski definition) is 4. The molecule has 3 fully saturated rings. The predicted molar refractivity (Wildman–Crippen MR) is 115 cm³/mol. The number of amides is 3. The van der Waals surface area contributed by atoms with E-state index < -0.39 is 17.9 Å². The Hall–Kier alpha value is -2.87. The van der Waals surface area contributed by atoms with E-state index in [2.05, 4.69) is 25.9 Å². The van der Waals surface area contributed by atoms with E-state index in [0.717, 1.165) is 43.4 Å². The molecule has 31 heavy (non-hydrogen) atoms. The number of H-pyrrole nitrogens is 1. The van der Waals surface area contributed by atoms with Crippen molar-refractivity contribution in [3.8, 4) is 11.4 Å². The Kier molecular flexibility index (Phi) is 5.40. The highest BCUT2D eigenvalue weighted by molar-refractivity contribution is 5.81. The van der Waals surface area contributed by atoms with Crippen molar-refractivity contribution in [2.24, 2.45) is 5.92 Å². The first-order chi connectivity index (χ1) is 15.1. The molecule has 0 bridgehead atoms. The van der Waals surface area contributed by atoms with Gasteiger partial charge in [-0.25, -0.2) is 9.78 Å². The summed E-state index contributed by atoms with van der Waals surface area (Å²) in [5.74, 6) is -0.437. The number of benzene rings is 1. The van der Waals surface area contributed by atoms with Crippen LogP contribution in [-0.4, -0.2) is 51.2 Å². The molecule has 1 aromatic carbocycles. The average Bonchev–Trinajstić information content (AvgIpc) is 3.31. The van der Waals surface area contributed by atoms with Gasteiger partial charge in [0.1, 0.15) is 5.82 Å². The van der Waals surface area contributed by atoms with Crippen LogP contribution in [0.1, 0.15) is 50.1 Å². The highest BCUT2D eigenvalue weighted by Crippen LogP contribution is 2.39. The summed E-state index contributed by atoms with van der Waals surface area (Å²) in [5, 5.41) is 20.1. The number of nitrogens with zero attached hydrogens (tertiary/aromatic N) is 1.